The molecule has 172 valence electrons. The lowest BCUT2D eigenvalue weighted by Gasteiger charge is -2.46. The molecule has 0 unspecified atom stereocenters. The summed E-state index contributed by atoms with van der Waals surface area (Å²) < 4.78 is 27.0. The molecule has 3 rings (SSSR count). The molecule has 2 aliphatic rings. The van der Waals surface area contributed by atoms with Gasteiger partial charge in [0.2, 0.25) is 0 Å². The van der Waals surface area contributed by atoms with Crippen molar-refractivity contribution in [2.24, 2.45) is 0 Å². The second-order valence-corrected chi connectivity index (χ2v) is 7.25. The SMILES string of the molecule is CO[C@@H]1O[C@H](COC(C)=O)[C@@H](OC(C)=O)[C@H](OC(C)=O)[C@H]1N1C(=O)c2ccccc2C1=O. The van der Waals surface area contributed by atoms with Gasteiger partial charge in [0.25, 0.3) is 11.8 Å². The second-order valence-electron chi connectivity index (χ2n) is 7.25. The molecule has 32 heavy (non-hydrogen) atoms. The molecule has 1 fully saturated rings. The molecular weight excluding hydrogens is 426 g/mol. The fourth-order valence-electron chi connectivity index (χ4n) is 3.83. The standard InChI is InChI=1S/C21H23NO10/c1-10(23)29-9-15-17(30-11(2)24)18(31-12(3)25)16(21(28-4)32-15)22-19(26)13-7-5-6-8-14(13)20(22)27/h5-8,15-18,21H,9H2,1-4H3/t15-,16-,17-,18-,21-/m1/s1. The topological polar surface area (TPSA) is 135 Å². The Balaban J connectivity index is 2.05. The Hall–Kier alpha value is -3.31. The van der Waals surface area contributed by atoms with Gasteiger partial charge in [-0.05, 0) is 12.1 Å². The van der Waals surface area contributed by atoms with Crippen molar-refractivity contribution >= 4 is 29.7 Å². The molecule has 1 aromatic rings. The lowest BCUT2D eigenvalue weighted by Crippen LogP contribution is -2.67. The van der Waals surface area contributed by atoms with E-state index >= 15 is 0 Å². The molecule has 0 spiro atoms. The van der Waals surface area contributed by atoms with Crippen LogP contribution in [0.4, 0.5) is 0 Å². The summed E-state index contributed by atoms with van der Waals surface area (Å²) in [6.45, 7) is 3.10. The number of nitrogens with zero attached hydrogens (tertiary/aromatic N) is 1. The highest BCUT2D eigenvalue weighted by molar-refractivity contribution is 6.21. The Kier molecular flexibility index (Phi) is 6.90. The molecule has 2 amide bonds. The first-order valence-electron chi connectivity index (χ1n) is 9.78. The summed E-state index contributed by atoms with van der Waals surface area (Å²) in [7, 11) is 1.27. The third-order valence-corrected chi connectivity index (χ3v) is 5.03. The van der Waals surface area contributed by atoms with Gasteiger partial charge >= 0.3 is 17.9 Å². The maximum absolute atomic E-state index is 13.1. The number of amides is 2. The normalized spacial score (nSPS) is 27.0. The van der Waals surface area contributed by atoms with Crippen molar-refractivity contribution in [1.29, 1.82) is 0 Å². The molecule has 5 atom stereocenters. The van der Waals surface area contributed by atoms with Gasteiger partial charge in [-0.15, -0.1) is 0 Å². The molecule has 2 aliphatic heterocycles. The van der Waals surface area contributed by atoms with E-state index in [9.17, 15) is 24.0 Å². The van der Waals surface area contributed by atoms with Gasteiger partial charge in [0.15, 0.2) is 18.5 Å². The maximum Gasteiger partial charge on any atom is 0.303 e. The zero-order valence-electron chi connectivity index (χ0n) is 17.9. The van der Waals surface area contributed by atoms with Crippen LogP contribution in [0.3, 0.4) is 0 Å². The van der Waals surface area contributed by atoms with Crippen LogP contribution in [0.1, 0.15) is 41.5 Å². The Labute approximate surface area is 183 Å². The Morgan fingerprint density at radius 1 is 0.906 bits per heavy atom. The highest BCUT2D eigenvalue weighted by atomic mass is 16.7. The average Bonchev–Trinajstić information content (AvgIpc) is 2.98. The monoisotopic (exact) mass is 449 g/mol. The van der Waals surface area contributed by atoms with Crippen LogP contribution in [0, 0.1) is 0 Å². The summed E-state index contributed by atoms with van der Waals surface area (Å²) in [6, 6.07) is 4.93. The van der Waals surface area contributed by atoms with Crippen LogP contribution in [0.25, 0.3) is 0 Å². The highest BCUT2D eigenvalue weighted by Crippen LogP contribution is 2.35. The highest BCUT2D eigenvalue weighted by Gasteiger charge is 2.57. The minimum absolute atomic E-state index is 0.167. The minimum atomic E-state index is -1.35. The number of esters is 3. The van der Waals surface area contributed by atoms with E-state index in [1.165, 1.54) is 26.2 Å². The van der Waals surface area contributed by atoms with E-state index in [1.807, 2.05) is 0 Å². The van der Waals surface area contributed by atoms with Crippen LogP contribution >= 0.6 is 0 Å². The Bertz CT molecular complexity index is 909. The zero-order chi connectivity index (χ0) is 23.6. The van der Waals surface area contributed by atoms with Crippen molar-refractivity contribution in [3.05, 3.63) is 35.4 Å². The predicted octanol–water partition coefficient (Wildman–Crippen LogP) is 0.449. The number of hydrogen-bond donors (Lipinski definition) is 0. The van der Waals surface area contributed by atoms with E-state index in [4.69, 9.17) is 23.7 Å². The van der Waals surface area contributed by atoms with E-state index < -0.39 is 60.4 Å². The van der Waals surface area contributed by atoms with E-state index in [-0.39, 0.29) is 17.7 Å². The van der Waals surface area contributed by atoms with E-state index in [0.717, 1.165) is 18.7 Å². The quantitative estimate of drug-likeness (QED) is 0.342. The van der Waals surface area contributed by atoms with Gasteiger partial charge in [0, 0.05) is 27.9 Å². The first-order valence-corrected chi connectivity index (χ1v) is 9.78. The zero-order valence-corrected chi connectivity index (χ0v) is 17.9. The molecule has 1 aromatic carbocycles. The molecule has 0 bridgehead atoms. The molecule has 0 N–H and O–H groups in total. The summed E-state index contributed by atoms with van der Waals surface area (Å²) in [5.41, 5.74) is 0.333. The number of benzene rings is 1. The number of fused-ring (bicyclic) bond motifs is 1. The first kappa shape index (κ1) is 23.4. The summed E-state index contributed by atoms with van der Waals surface area (Å²) in [4.78, 5) is 62.1. The van der Waals surface area contributed by atoms with Gasteiger partial charge in [-0.3, -0.25) is 28.9 Å². The van der Waals surface area contributed by atoms with Gasteiger partial charge in [-0.25, -0.2) is 0 Å². The molecule has 0 saturated carbocycles. The molecule has 0 aliphatic carbocycles. The third kappa shape index (κ3) is 4.48. The van der Waals surface area contributed by atoms with Crippen molar-refractivity contribution in [3.8, 4) is 0 Å². The van der Waals surface area contributed by atoms with Crippen LogP contribution in [0.15, 0.2) is 24.3 Å². The van der Waals surface area contributed by atoms with Crippen LogP contribution in [-0.4, -0.2) is 79.0 Å². The predicted molar refractivity (Wildman–Crippen MR) is 104 cm³/mol. The third-order valence-electron chi connectivity index (χ3n) is 5.03. The van der Waals surface area contributed by atoms with Crippen molar-refractivity contribution in [2.45, 2.75) is 51.4 Å². The van der Waals surface area contributed by atoms with Crippen molar-refractivity contribution < 1.29 is 47.7 Å². The Morgan fingerprint density at radius 2 is 1.44 bits per heavy atom. The number of carbonyl (C=O) groups excluding carboxylic acids is 5. The number of imide groups is 1. The van der Waals surface area contributed by atoms with Gasteiger partial charge in [0.05, 0.1) is 11.1 Å². The number of ether oxygens (including phenoxy) is 5. The van der Waals surface area contributed by atoms with Crippen LogP contribution in [0.2, 0.25) is 0 Å². The molecule has 0 aromatic heterocycles. The molecular formula is C21H23NO10. The number of rotatable bonds is 6. The molecule has 2 heterocycles. The van der Waals surface area contributed by atoms with Gasteiger partial charge in [0.1, 0.15) is 18.8 Å². The Morgan fingerprint density at radius 3 is 1.91 bits per heavy atom. The van der Waals surface area contributed by atoms with Crippen molar-refractivity contribution in [3.63, 3.8) is 0 Å². The lowest BCUT2D eigenvalue weighted by atomic mass is 9.94. The summed E-state index contributed by atoms with van der Waals surface area (Å²) >= 11 is 0. The first-order chi connectivity index (χ1) is 15.1. The van der Waals surface area contributed by atoms with Crippen molar-refractivity contribution in [2.75, 3.05) is 13.7 Å². The second kappa shape index (κ2) is 9.45. The number of hydrogen-bond acceptors (Lipinski definition) is 10. The summed E-state index contributed by atoms with van der Waals surface area (Å²) in [5, 5.41) is 0. The summed E-state index contributed by atoms with van der Waals surface area (Å²) in [6.07, 6.45) is -5.01. The smallest absolute Gasteiger partial charge is 0.303 e. The van der Waals surface area contributed by atoms with E-state index in [0.29, 0.717) is 0 Å². The minimum Gasteiger partial charge on any atom is -0.463 e. The van der Waals surface area contributed by atoms with E-state index in [1.54, 1.807) is 12.1 Å². The average molecular weight is 449 g/mol. The van der Waals surface area contributed by atoms with E-state index in [2.05, 4.69) is 0 Å². The largest absolute Gasteiger partial charge is 0.463 e. The van der Waals surface area contributed by atoms with Gasteiger partial charge in [-0.2, -0.15) is 0 Å². The van der Waals surface area contributed by atoms with Crippen LogP contribution in [0.5, 0.6) is 0 Å². The fourth-order valence-corrected chi connectivity index (χ4v) is 3.83. The van der Waals surface area contributed by atoms with Gasteiger partial charge in [-0.1, -0.05) is 12.1 Å². The maximum atomic E-state index is 13.1. The number of methoxy groups -OCH3 is 1. The van der Waals surface area contributed by atoms with Crippen LogP contribution < -0.4 is 0 Å². The fraction of sp³-hybridized carbons (Fsp3) is 0.476. The molecule has 11 nitrogen and oxygen atoms in total. The molecule has 0 radical (unpaired) electrons. The molecule has 1 saturated heterocycles. The summed E-state index contributed by atoms with van der Waals surface area (Å²) in [5.74, 6) is -3.38. The molecule has 11 heteroatoms. The van der Waals surface area contributed by atoms with Gasteiger partial charge < -0.3 is 23.7 Å². The van der Waals surface area contributed by atoms with Crippen molar-refractivity contribution in [1.82, 2.24) is 4.90 Å². The number of carbonyl (C=O) groups is 5. The van der Waals surface area contributed by atoms with Crippen LogP contribution in [-0.2, 0) is 38.1 Å². The lowest BCUT2D eigenvalue weighted by molar-refractivity contribution is -0.279.